The van der Waals surface area contributed by atoms with Gasteiger partial charge in [0, 0.05) is 6.54 Å². The fourth-order valence-electron chi connectivity index (χ4n) is 2.90. The number of carbonyl (C=O) groups is 1. The maximum atomic E-state index is 11.8. The van der Waals surface area contributed by atoms with Crippen molar-refractivity contribution >= 4 is 5.97 Å². The van der Waals surface area contributed by atoms with E-state index in [0.717, 1.165) is 38.4 Å². The normalized spacial score (nSPS) is 26.1. The van der Waals surface area contributed by atoms with Crippen molar-refractivity contribution in [2.45, 2.75) is 39.0 Å². The molecule has 1 heterocycles. The van der Waals surface area contributed by atoms with Crippen LogP contribution in [0.25, 0.3) is 0 Å². The van der Waals surface area contributed by atoms with Crippen molar-refractivity contribution < 1.29 is 9.53 Å². The number of hydrogen-bond donors (Lipinski definition) is 0. The van der Waals surface area contributed by atoms with Crippen molar-refractivity contribution in [3.63, 3.8) is 0 Å². The molecule has 3 heteroatoms. The third kappa shape index (κ3) is 2.24. The lowest BCUT2D eigenvalue weighted by Crippen LogP contribution is -2.50. The second kappa shape index (κ2) is 4.74. The van der Waals surface area contributed by atoms with Gasteiger partial charge in [-0.2, -0.15) is 0 Å². The number of likely N-dealkylation sites (tertiary alicyclic amines) is 1. The number of carbonyl (C=O) groups excluding carboxylic acids is 1. The Morgan fingerprint density at radius 1 is 1.38 bits per heavy atom. The molecule has 0 aromatic rings. The Morgan fingerprint density at radius 2 is 2.00 bits per heavy atom. The van der Waals surface area contributed by atoms with Crippen molar-refractivity contribution in [3.8, 4) is 0 Å². The molecule has 0 unspecified atom stereocenters. The first-order chi connectivity index (χ1) is 7.66. The second-order valence-corrected chi connectivity index (χ2v) is 5.58. The highest BCUT2D eigenvalue weighted by molar-refractivity contribution is 5.78. The number of rotatable bonds is 3. The molecule has 16 heavy (non-hydrogen) atoms. The largest absolute Gasteiger partial charge is 0.469 e. The minimum Gasteiger partial charge on any atom is -0.469 e. The number of ether oxygens (including phenoxy) is 1. The van der Waals surface area contributed by atoms with Gasteiger partial charge >= 0.3 is 5.97 Å². The summed E-state index contributed by atoms with van der Waals surface area (Å²) >= 11 is 0. The highest BCUT2D eigenvalue weighted by Gasteiger charge is 2.46. The molecule has 1 saturated heterocycles. The summed E-state index contributed by atoms with van der Waals surface area (Å²) < 4.78 is 4.95. The van der Waals surface area contributed by atoms with E-state index in [1.807, 2.05) is 0 Å². The van der Waals surface area contributed by atoms with Gasteiger partial charge < -0.3 is 9.64 Å². The molecule has 0 amide bonds. The highest BCUT2D eigenvalue weighted by Crippen LogP contribution is 2.43. The summed E-state index contributed by atoms with van der Waals surface area (Å²) in [6.45, 7) is 5.54. The molecule has 2 aliphatic rings. The molecule has 1 saturated carbocycles. The zero-order valence-corrected chi connectivity index (χ0v) is 10.5. The van der Waals surface area contributed by atoms with E-state index in [0.29, 0.717) is 0 Å². The molecule has 0 aromatic carbocycles. The number of hydrogen-bond acceptors (Lipinski definition) is 3. The quantitative estimate of drug-likeness (QED) is 0.689. The summed E-state index contributed by atoms with van der Waals surface area (Å²) in [4.78, 5) is 14.3. The summed E-state index contributed by atoms with van der Waals surface area (Å²) in [7, 11) is 1.51. The summed E-state index contributed by atoms with van der Waals surface area (Å²) in [5, 5.41) is 0. The molecule has 92 valence electrons. The Hall–Kier alpha value is -0.570. The molecule has 2 fully saturated rings. The molecule has 2 rings (SSSR count). The average molecular weight is 225 g/mol. The molecule has 0 radical (unpaired) electrons. The Labute approximate surface area is 98.1 Å². The molecule has 0 bridgehead atoms. The second-order valence-electron chi connectivity index (χ2n) is 5.58. The third-order valence-electron chi connectivity index (χ3n) is 4.33. The van der Waals surface area contributed by atoms with Crippen LogP contribution in [0.3, 0.4) is 0 Å². The van der Waals surface area contributed by atoms with Crippen LogP contribution in [0.1, 0.15) is 39.0 Å². The number of methoxy groups -OCH3 is 1. The van der Waals surface area contributed by atoms with Crippen LogP contribution in [0.15, 0.2) is 0 Å². The maximum absolute atomic E-state index is 11.8. The van der Waals surface area contributed by atoms with Gasteiger partial charge in [0.05, 0.1) is 12.5 Å². The standard InChI is InChI=1S/C13H23NO2/c1-11-4-8-14(9-5-11)10-13(6-3-7-13)12(15)16-2/h11H,3-10H2,1-2H3. The molecular weight excluding hydrogens is 202 g/mol. The average Bonchev–Trinajstić information content (AvgIpc) is 2.25. The van der Waals surface area contributed by atoms with Crippen LogP contribution < -0.4 is 0 Å². The summed E-state index contributed by atoms with van der Waals surface area (Å²) in [6, 6.07) is 0. The van der Waals surface area contributed by atoms with E-state index in [9.17, 15) is 4.79 Å². The van der Waals surface area contributed by atoms with Crippen LogP contribution in [0.5, 0.6) is 0 Å². The van der Waals surface area contributed by atoms with Crippen molar-refractivity contribution in [2.24, 2.45) is 11.3 Å². The van der Waals surface area contributed by atoms with E-state index in [4.69, 9.17) is 4.74 Å². The lowest BCUT2D eigenvalue weighted by atomic mass is 9.68. The van der Waals surface area contributed by atoms with Gasteiger partial charge in [0.25, 0.3) is 0 Å². The number of piperidine rings is 1. The van der Waals surface area contributed by atoms with Gasteiger partial charge in [-0.25, -0.2) is 0 Å². The third-order valence-corrected chi connectivity index (χ3v) is 4.33. The zero-order valence-electron chi connectivity index (χ0n) is 10.5. The van der Waals surface area contributed by atoms with Gasteiger partial charge in [-0.1, -0.05) is 13.3 Å². The Bertz CT molecular complexity index is 253. The lowest BCUT2D eigenvalue weighted by molar-refractivity contribution is -0.160. The SMILES string of the molecule is COC(=O)C1(CN2CCC(C)CC2)CCC1. The molecule has 1 aliphatic heterocycles. The van der Waals surface area contributed by atoms with Gasteiger partial charge in [-0.15, -0.1) is 0 Å². The molecule has 1 aliphatic carbocycles. The molecule has 0 aromatic heterocycles. The predicted octanol–water partition coefficient (Wildman–Crippen LogP) is 2.06. The first kappa shape index (κ1) is 11.9. The molecule has 3 nitrogen and oxygen atoms in total. The summed E-state index contributed by atoms with van der Waals surface area (Å²) in [6.07, 6.45) is 5.77. The van der Waals surface area contributed by atoms with E-state index >= 15 is 0 Å². The number of esters is 1. The minimum atomic E-state index is -0.157. The van der Waals surface area contributed by atoms with Crippen molar-refractivity contribution in [3.05, 3.63) is 0 Å². The monoisotopic (exact) mass is 225 g/mol. The van der Waals surface area contributed by atoms with Gasteiger partial charge in [0.15, 0.2) is 0 Å². The fourth-order valence-corrected chi connectivity index (χ4v) is 2.90. The topological polar surface area (TPSA) is 29.5 Å². The first-order valence-electron chi connectivity index (χ1n) is 6.47. The van der Waals surface area contributed by atoms with Crippen LogP contribution in [0.2, 0.25) is 0 Å². The van der Waals surface area contributed by atoms with E-state index in [2.05, 4.69) is 11.8 Å². The molecule has 0 atom stereocenters. The Morgan fingerprint density at radius 3 is 2.44 bits per heavy atom. The van der Waals surface area contributed by atoms with Gasteiger partial charge in [-0.3, -0.25) is 4.79 Å². The van der Waals surface area contributed by atoms with Gasteiger partial charge in [-0.05, 0) is 44.7 Å². The lowest BCUT2D eigenvalue weighted by Gasteiger charge is -2.44. The van der Waals surface area contributed by atoms with Crippen LogP contribution in [-0.2, 0) is 9.53 Å². The summed E-state index contributed by atoms with van der Waals surface area (Å²) in [5.41, 5.74) is -0.157. The van der Waals surface area contributed by atoms with Crippen LogP contribution >= 0.6 is 0 Å². The van der Waals surface area contributed by atoms with Crippen LogP contribution in [-0.4, -0.2) is 37.6 Å². The Balaban J connectivity index is 1.89. The minimum absolute atomic E-state index is 0.0115. The van der Waals surface area contributed by atoms with Crippen LogP contribution in [0, 0.1) is 11.3 Å². The van der Waals surface area contributed by atoms with Gasteiger partial charge in [0.2, 0.25) is 0 Å². The van der Waals surface area contributed by atoms with Crippen LogP contribution in [0.4, 0.5) is 0 Å². The van der Waals surface area contributed by atoms with Crippen molar-refractivity contribution in [2.75, 3.05) is 26.7 Å². The van der Waals surface area contributed by atoms with E-state index in [-0.39, 0.29) is 11.4 Å². The van der Waals surface area contributed by atoms with Crippen molar-refractivity contribution in [1.82, 2.24) is 4.90 Å². The van der Waals surface area contributed by atoms with E-state index in [1.54, 1.807) is 0 Å². The summed E-state index contributed by atoms with van der Waals surface area (Å²) in [5.74, 6) is 0.865. The first-order valence-corrected chi connectivity index (χ1v) is 6.47. The molecule has 0 N–H and O–H groups in total. The zero-order chi connectivity index (χ0) is 11.6. The van der Waals surface area contributed by atoms with E-state index < -0.39 is 0 Å². The maximum Gasteiger partial charge on any atom is 0.313 e. The van der Waals surface area contributed by atoms with Crippen molar-refractivity contribution in [1.29, 1.82) is 0 Å². The highest BCUT2D eigenvalue weighted by atomic mass is 16.5. The fraction of sp³-hybridized carbons (Fsp3) is 0.923. The predicted molar refractivity (Wildman–Crippen MR) is 63.1 cm³/mol. The van der Waals surface area contributed by atoms with Gasteiger partial charge in [0.1, 0.15) is 0 Å². The molecule has 0 spiro atoms. The molecular formula is C13H23NO2. The number of nitrogens with zero attached hydrogens (tertiary/aromatic N) is 1. The Kier molecular flexibility index (Phi) is 3.53. The van der Waals surface area contributed by atoms with E-state index in [1.165, 1.54) is 26.4 Å². The smallest absolute Gasteiger partial charge is 0.313 e.